The number of ketones is 1. The summed E-state index contributed by atoms with van der Waals surface area (Å²) in [7, 11) is 1.43. The van der Waals surface area contributed by atoms with Crippen molar-refractivity contribution in [2.75, 3.05) is 46.5 Å². The minimum Gasteiger partial charge on any atom is -0.507 e. The van der Waals surface area contributed by atoms with Crippen LogP contribution in [0.2, 0.25) is 0 Å². The quantitative estimate of drug-likeness (QED) is 0.391. The van der Waals surface area contributed by atoms with Gasteiger partial charge in [-0.05, 0) is 29.8 Å². The van der Waals surface area contributed by atoms with Gasteiger partial charge in [0.05, 0.1) is 37.5 Å². The van der Waals surface area contributed by atoms with E-state index in [0.29, 0.717) is 44.2 Å². The molecule has 1 unspecified atom stereocenters. The van der Waals surface area contributed by atoms with E-state index in [1.807, 2.05) is 0 Å². The number of aliphatic hydroxyl groups is 1. The molecular weight excluding hydrogens is 431 g/mol. The lowest BCUT2D eigenvalue weighted by Gasteiger charge is -2.31. The number of ether oxygens (including phenoxy) is 2. The number of carbonyl (C=O) groups is 2. The Kier molecular flexibility index (Phi) is 6.62. The Balaban J connectivity index is 1.75. The van der Waals surface area contributed by atoms with Gasteiger partial charge in [0.25, 0.3) is 11.7 Å². The number of halogens is 1. The Bertz CT molecular complexity index is 1080. The van der Waals surface area contributed by atoms with Gasteiger partial charge in [0.15, 0.2) is 0 Å². The molecule has 4 rings (SSSR count). The number of Topliss-reactive ketones (excluding diaryl/α,β-unsaturated/α-hetero) is 1. The molecule has 1 amide bonds. The fourth-order valence-electron chi connectivity index (χ4n) is 4.16. The largest absolute Gasteiger partial charge is 0.507 e. The van der Waals surface area contributed by atoms with E-state index in [4.69, 9.17) is 9.47 Å². The van der Waals surface area contributed by atoms with Crippen molar-refractivity contribution in [1.82, 2.24) is 9.80 Å². The number of phenolic OH excluding ortho intramolecular Hbond substituents is 1. The molecule has 2 aliphatic heterocycles. The number of aliphatic hydroxyl groups excluding tert-OH is 1. The predicted molar refractivity (Wildman–Crippen MR) is 117 cm³/mol. The number of aromatic hydroxyl groups is 1. The number of hydrogen-bond donors (Lipinski definition) is 2. The maximum absolute atomic E-state index is 13.6. The topological polar surface area (TPSA) is 99.5 Å². The van der Waals surface area contributed by atoms with Crippen LogP contribution >= 0.6 is 0 Å². The van der Waals surface area contributed by atoms with Gasteiger partial charge in [-0.1, -0.05) is 12.1 Å². The first kappa shape index (κ1) is 22.8. The molecule has 9 heteroatoms. The number of morpholine rings is 1. The number of benzene rings is 2. The number of rotatable bonds is 6. The molecule has 0 saturated carbocycles. The third kappa shape index (κ3) is 4.55. The standard InChI is InChI=1S/C24H25FN2O6/c1-32-17-6-7-18(19(28)14-17)22(29)20-21(15-2-4-16(25)5-3-15)27(24(31)23(20)30)9-8-26-10-12-33-13-11-26/h2-7,14,21,28-29H,8-13H2,1H3/b22-20-. The second-order valence-electron chi connectivity index (χ2n) is 7.88. The van der Waals surface area contributed by atoms with E-state index in [0.717, 1.165) is 0 Å². The number of phenols is 1. The zero-order chi connectivity index (χ0) is 23.5. The zero-order valence-electron chi connectivity index (χ0n) is 18.2. The summed E-state index contributed by atoms with van der Waals surface area (Å²) in [6.07, 6.45) is 0. The van der Waals surface area contributed by atoms with Crippen LogP contribution in [-0.4, -0.2) is 78.2 Å². The average molecular weight is 456 g/mol. The van der Waals surface area contributed by atoms with Gasteiger partial charge in [-0.2, -0.15) is 0 Å². The molecular formula is C24H25FN2O6. The highest BCUT2D eigenvalue weighted by Crippen LogP contribution is 2.41. The molecule has 174 valence electrons. The van der Waals surface area contributed by atoms with Gasteiger partial charge in [0.2, 0.25) is 0 Å². The molecule has 2 aliphatic rings. The number of likely N-dealkylation sites (tertiary alicyclic amines) is 1. The zero-order valence-corrected chi connectivity index (χ0v) is 18.2. The van der Waals surface area contributed by atoms with Gasteiger partial charge in [0.1, 0.15) is 23.1 Å². The third-order valence-electron chi connectivity index (χ3n) is 5.95. The van der Waals surface area contributed by atoms with Crippen LogP contribution in [-0.2, 0) is 14.3 Å². The Hall–Kier alpha value is -3.43. The molecule has 0 radical (unpaired) electrons. The summed E-state index contributed by atoms with van der Waals surface area (Å²) < 4.78 is 24.0. The van der Waals surface area contributed by atoms with E-state index in [-0.39, 0.29) is 23.4 Å². The van der Waals surface area contributed by atoms with Crippen molar-refractivity contribution < 1.29 is 33.7 Å². The molecule has 1 atom stereocenters. The Morgan fingerprint density at radius 2 is 1.82 bits per heavy atom. The molecule has 2 aromatic rings. The van der Waals surface area contributed by atoms with Crippen molar-refractivity contribution in [3.05, 3.63) is 65.0 Å². The van der Waals surface area contributed by atoms with Crippen molar-refractivity contribution in [2.45, 2.75) is 6.04 Å². The molecule has 0 spiro atoms. The van der Waals surface area contributed by atoms with Crippen LogP contribution < -0.4 is 4.74 Å². The highest BCUT2D eigenvalue weighted by atomic mass is 19.1. The molecule has 0 aromatic heterocycles. The van der Waals surface area contributed by atoms with Gasteiger partial charge in [-0.15, -0.1) is 0 Å². The normalized spacial score (nSPS) is 20.9. The summed E-state index contributed by atoms with van der Waals surface area (Å²) in [6, 6.07) is 8.75. The van der Waals surface area contributed by atoms with Crippen molar-refractivity contribution in [3.8, 4) is 11.5 Å². The van der Waals surface area contributed by atoms with Crippen molar-refractivity contribution in [3.63, 3.8) is 0 Å². The molecule has 33 heavy (non-hydrogen) atoms. The van der Waals surface area contributed by atoms with Gasteiger partial charge < -0.3 is 24.6 Å². The van der Waals surface area contributed by atoms with Crippen LogP contribution in [0.1, 0.15) is 17.2 Å². The molecule has 2 saturated heterocycles. The Labute approximate surface area is 190 Å². The van der Waals surface area contributed by atoms with E-state index in [1.54, 1.807) is 0 Å². The van der Waals surface area contributed by atoms with E-state index in [1.165, 1.54) is 54.5 Å². The monoisotopic (exact) mass is 456 g/mol. The molecule has 2 aromatic carbocycles. The summed E-state index contributed by atoms with van der Waals surface area (Å²) in [5.74, 6) is -2.52. The van der Waals surface area contributed by atoms with E-state index in [9.17, 15) is 24.2 Å². The minimum atomic E-state index is -0.923. The smallest absolute Gasteiger partial charge is 0.295 e. The molecule has 2 heterocycles. The number of carbonyl (C=O) groups excluding carboxylic acids is 2. The number of nitrogens with zero attached hydrogens (tertiary/aromatic N) is 2. The Morgan fingerprint density at radius 1 is 1.12 bits per heavy atom. The van der Waals surface area contributed by atoms with E-state index < -0.39 is 29.3 Å². The fourth-order valence-corrected chi connectivity index (χ4v) is 4.16. The minimum absolute atomic E-state index is 0.00547. The number of amides is 1. The fraction of sp³-hybridized carbons (Fsp3) is 0.333. The van der Waals surface area contributed by atoms with Gasteiger partial charge in [-0.3, -0.25) is 14.5 Å². The van der Waals surface area contributed by atoms with Gasteiger partial charge >= 0.3 is 0 Å². The molecule has 0 bridgehead atoms. The summed E-state index contributed by atoms with van der Waals surface area (Å²) >= 11 is 0. The summed E-state index contributed by atoms with van der Waals surface area (Å²) in [5.41, 5.74) is 0.315. The SMILES string of the molecule is COc1ccc(/C(O)=C2/C(=O)C(=O)N(CCN3CCOCC3)C2c2ccc(F)cc2)c(O)c1. The third-order valence-corrected chi connectivity index (χ3v) is 5.95. The molecule has 0 aliphatic carbocycles. The van der Waals surface area contributed by atoms with E-state index in [2.05, 4.69) is 4.90 Å². The second-order valence-corrected chi connectivity index (χ2v) is 7.88. The van der Waals surface area contributed by atoms with Crippen molar-refractivity contribution in [2.24, 2.45) is 0 Å². The number of hydrogen-bond acceptors (Lipinski definition) is 7. The Morgan fingerprint density at radius 3 is 2.45 bits per heavy atom. The lowest BCUT2D eigenvalue weighted by Crippen LogP contribution is -2.42. The average Bonchev–Trinajstić information content (AvgIpc) is 3.08. The molecule has 2 N–H and O–H groups in total. The van der Waals surface area contributed by atoms with E-state index >= 15 is 0 Å². The van der Waals surface area contributed by atoms with Crippen LogP contribution in [0, 0.1) is 5.82 Å². The highest BCUT2D eigenvalue weighted by Gasteiger charge is 2.46. The molecule has 2 fully saturated rings. The van der Waals surface area contributed by atoms with Crippen LogP contribution in [0.15, 0.2) is 48.0 Å². The lowest BCUT2D eigenvalue weighted by molar-refractivity contribution is -0.140. The number of methoxy groups -OCH3 is 1. The maximum atomic E-state index is 13.6. The second kappa shape index (κ2) is 9.60. The summed E-state index contributed by atoms with van der Waals surface area (Å²) in [6.45, 7) is 3.36. The van der Waals surface area contributed by atoms with Crippen molar-refractivity contribution >= 4 is 17.4 Å². The van der Waals surface area contributed by atoms with Crippen LogP contribution in [0.25, 0.3) is 5.76 Å². The molecule has 8 nitrogen and oxygen atoms in total. The first-order valence-corrected chi connectivity index (χ1v) is 10.6. The first-order chi connectivity index (χ1) is 15.9. The predicted octanol–water partition coefficient (Wildman–Crippen LogP) is 2.29. The summed E-state index contributed by atoms with van der Waals surface area (Å²) in [4.78, 5) is 29.5. The summed E-state index contributed by atoms with van der Waals surface area (Å²) in [5, 5.41) is 21.4. The van der Waals surface area contributed by atoms with Crippen LogP contribution in [0.5, 0.6) is 11.5 Å². The van der Waals surface area contributed by atoms with Crippen molar-refractivity contribution in [1.29, 1.82) is 0 Å². The van der Waals surface area contributed by atoms with Crippen LogP contribution in [0.3, 0.4) is 0 Å². The van der Waals surface area contributed by atoms with Crippen LogP contribution in [0.4, 0.5) is 4.39 Å². The first-order valence-electron chi connectivity index (χ1n) is 10.6. The van der Waals surface area contributed by atoms with Gasteiger partial charge in [0, 0.05) is 32.2 Å². The van der Waals surface area contributed by atoms with Gasteiger partial charge in [-0.25, -0.2) is 4.39 Å². The maximum Gasteiger partial charge on any atom is 0.295 e. The lowest BCUT2D eigenvalue weighted by atomic mass is 9.95. The highest BCUT2D eigenvalue weighted by molar-refractivity contribution is 6.46.